The summed E-state index contributed by atoms with van der Waals surface area (Å²) >= 11 is 0. The molecule has 0 unspecified atom stereocenters. The molecule has 0 radical (unpaired) electrons. The summed E-state index contributed by atoms with van der Waals surface area (Å²) in [7, 11) is 0. The third-order valence-corrected chi connectivity index (χ3v) is 7.53. The lowest BCUT2D eigenvalue weighted by molar-refractivity contribution is -0.144. The van der Waals surface area contributed by atoms with Crippen LogP contribution in [0.5, 0.6) is 0 Å². The van der Waals surface area contributed by atoms with E-state index in [0.717, 1.165) is 42.5 Å². The first kappa shape index (κ1) is 20.2. The number of pyridine rings is 1. The van der Waals surface area contributed by atoms with Crippen molar-refractivity contribution >= 4 is 12.0 Å². The summed E-state index contributed by atoms with van der Waals surface area (Å²) in [4.78, 5) is 17.1. The highest BCUT2D eigenvalue weighted by molar-refractivity contribution is 5.75. The minimum Gasteiger partial charge on any atom is -0.462 e. The van der Waals surface area contributed by atoms with Crippen LogP contribution in [0.3, 0.4) is 0 Å². The van der Waals surface area contributed by atoms with Gasteiger partial charge in [0.15, 0.2) is 0 Å². The molecule has 160 valence electrons. The second-order valence-corrected chi connectivity index (χ2v) is 9.40. The number of rotatable bonds is 3. The van der Waals surface area contributed by atoms with Crippen LogP contribution in [0, 0.1) is 35.4 Å². The summed E-state index contributed by atoms with van der Waals surface area (Å²) in [5.41, 5.74) is 3.90. The SMILES string of the molecule is C=C1CC[C@@H]2[C@@H](C1)C[C@H]1C(=O)O[C@H](C)[C@H]1[C@H]2/C=C/c1ccc(-c2cccc(F)c2)cn1. The molecule has 2 heterocycles. The summed E-state index contributed by atoms with van der Waals surface area (Å²) in [5, 5.41) is 0. The number of carbonyl (C=O) groups excluding carboxylic acids is 1. The van der Waals surface area contributed by atoms with Gasteiger partial charge in [-0.1, -0.05) is 36.4 Å². The second-order valence-electron chi connectivity index (χ2n) is 9.40. The van der Waals surface area contributed by atoms with E-state index in [2.05, 4.69) is 23.7 Å². The zero-order valence-corrected chi connectivity index (χ0v) is 17.8. The summed E-state index contributed by atoms with van der Waals surface area (Å²) in [5.74, 6) is 1.35. The van der Waals surface area contributed by atoms with E-state index >= 15 is 0 Å². The van der Waals surface area contributed by atoms with E-state index in [4.69, 9.17) is 4.74 Å². The Bertz CT molecular complexity index is 1030. The Kier molecular flexibility index (Phi) is 5.25. The number of allylic oxidation sites excluding steroid dienone is 2. The van der Waals surface area contributed by atoms with Gasteiger partial charge in [0.25, 0.3) is 0 Å². The minimum absolute atomic E-state index is 0.000104. The highest BCUT2D eigenvalue weighted by Gasteiger charge is 2.53. The van der Waals surface area contributed by atoms with Gasteiger partial charge < -0.3 is 4.74 Å². The van der Waals surface area contributed by atoms with E-state index in [9.17, 15) is 9.18 Å². The molecule has 2 saturated carbocycles. The number of benzene rings is 1. The molecule has 0 amide bonds. The van der Waals surface area contributed by atoms with Crippen molar-refractivity contribution in [3.63, 3.8) is 0 Å². The van der Waals surface area contributed by atoms with Gasteiger partial charge in [0.05, 0.1) is 11.6 Å². The van der Waals surface area contributed by atoms with Gasteiger partial charge in [-0.05, 0) is 80.2 Å². The Balaban J connectivity index is 1.40. The molecule has 4 heteroatoms. The number of aromatic nitrogens is 1. The molecular formula is C27H28FNO2. The van der Waals surface area contributed by atoms with E-state index in [1.165, 1.54) is 17.7 Å². The molecule has 1 aliphatic heterocycles. The molecule has 3 aliphatic rings. The van der Waals surface area contributed by atoms with Crippen molar-refractivity contribution in [3.8, 4) is 11.1 Å². The Morgan fingerprint density at radius 1 is 1.23 bits per heavy atom. The maximum absolute atomic E-state index is 13.5. The van der Waals surface area contributed by atoms with Crippen molar-refractivity contribution in [1.82, 2.24) is 4.98 Å². The number of cyclic esters (lactones) is 1. The standard InChI is InChI=1S/C27H28FNO2/c1-16-6-10-23-20(12-16)14-25-26(17(2)31-27(25)30)24(23)11-9-22-8-7-19(15-29-22)18-4-3-5-21(28)13-18/h3-5,7-9,11,13,15,17,20,23-26H,1,6,10,12,14H2,2H3/b11-9+/t17-,20+,23-,24+,25-,26+/m1/s1. The van der Waals surface area contributed by atoms with Gasteiger partial charge in [-0.25, -0.2) is 4.39 Å². The van der Waals surface area contributed by atoms with Crippen molar-refractivity contribution in [2.75, 3.05) is 0 Å². The Morgan fingerprint density at radius 2 is 2.10 bits per heavy atom. The van der Waals surface area contributed by atoms with Crippen LogP contribution >= 0.6 is 0 Å². The summed E-state index contributed by atoms with van der Waals surface area (Å²) in [6.45, 7) is 6.25. The Labute approximate surface area is 183 Å². The monoisotopic (exact) mass is 417 g/mol. The third kappa shape index (κ3) is 3.84. The fourth-order valence-corrected chi connectivity index (χ4v) is 6.10. The number of fused-ring (bicyclic) bond motifs is 2. The Hall–Kier alpha value is -2.75. The normalized spacial score (nSPS) is 32.6. The van der Waals surface area contributed by atoms with Gasteiger partial charge >= 0.3 is 5.97 Å². The molecule has 1 saturated heterocycles. The molecule has 5 rings (SSSR count). The number of esters is 1. The summed E-state index contributed by atoms with van der Waals surface area (Å²) in [6.07, 6.45) is 10.3. The first-order chi connectivity index (χ1) is 15.0. The fourth-order valence-electron chi connectivity index (χ4n) is 6.10. The van der Waals surface area contributed by atoms with Gasteiger partial charge in [0.1, 0.15) is 11.9 Å². The minimum atomic E-state index is -0.250. The highest BCUT2D eigenvalue weighted by Crippen LogP contribution is 2.54. The first-order valence-corrected chi connectivity index (χ1v) is 11.3. The first-order valence-electron chi connectivity index (χ1n) is 11.3. The molecule has 1 aromatic carbocycles. The topological polar surface area (TPSA) is 39.2 Å². The predicted molar refractivity (Wildman–Crippen MR) is 119 cm³/mol. The molecule has 0 N–H and O–H groups in total. The largest absolute Gasteiger partial charge is 0.462 e. The maximum Gasteiger partial charge on any atom is 0.309 e. The van der Waals surface area contributed by atoms with Crippen LogP contribution in [0.2, 0.25) is 0 Å². The number of hydrogen-bond donors (Lipinski definition) is 0. The number of halogens is 1. The lowest BCUT2D eigenvalue weighted by Gasteiger charge is -2.46. The van der Waals surface area contributed by atoms with Crippen molar-refractivity contribution in [2.24, 2.45) is 29.6 Å². The number of nitrogens with zero attached hydrogens (tertiary/aromatic N) is 1. The van der Waals surface area contributed by atoms with Crippen LogP contribution in [0.1, 0.15) is 38.3 Å². The molecule has 2 aliphatic carbocycles. The van der Waals surface area contributed by atoms with E-state index < -0.39 is 0 Å². The number of carbonyl (C=O) groups is 1. The average molecular weight is 418 g/mol. The molecular weight excluding hydrogens is 389 g/mol. The second kappa shape index (κ2) is 8.07. The lowest BCUT2D eigenvalue weighted by atomic mass is 9.57. The molecule has 3 fully saturated rings. The van der Waals surface area contributed by atoms with E-state index in [1.807, 2.05) is 25.1 Å². The van der Waals surface area contributed by atoms with Gasteiger partial charge in [0.2, 0.25) is 0 Å². The number of hydrogen-bond acceptors (Lipinski definition) is 3. The van der Waals surface area contributed by atoms with Crippen LogP contribution in [0.15, 0.2) is 60.8 Å². The lowest BCUT2D eigenvalue weighted by Crippen LogP contribution is -2.43. The van der Waals surface area contributed by atoms with Crippen molar-refractivity contribution < 1.29 is 13.9 Å². The van der Waals surface area contributed by atoms with Crippen LogP contribution in [0.4, 0.5) is 4.39 Å². The van der Waals surface area contributed by atoms with Gasteiger partial charge in [0, 0.05) is 17.7 Å². The van der Waals surface area contributed by atoms with Crippen molar-refractivity contribution in [2.45, 2.75) is 38.7 Å². The average Bonchev–Trinajstić information content (AvgIpc) is 3.04. The van der Waals surface area contributed by atoms with Crippen molar-refractivity contribution in [3.05, 3.63) is 72.3 Å². The quantitative estimate of drug-likeness (QED) is 0.449. The van der Waals surface area contributed by atoms with Crippen LogP contribution in [-0.4, -0.2) is 17.1 Å². The van der Waals surface area contributed by atoms with E-state index in [1.54, 1.807) is 12.3 Å². The Morgan fingerprint density at radius 3 is 2.87 bits per heavy atom. The molecule has 31 heavy (non-hydrogen) atoms. The predicted octanol–water partition coefficient (Wildman–Crippen LogP) is 6.07. The highest BCUT2D eigenvalue weighted by atomic mass is 19.1. The molecule has 1 aromatic heterocycles. The van der Waals surface area contributed by atoms with Crippen LogP contribution in [-0.2, 0) is 9.53 Å². The molecule has 3 nitrogen and oxygen atoms in total. The van der Waals surface area contributed by atoms with Gasteiger partial charge in [-0.3, -0.25) is 9.78 Å². The summed E-state index contributed by atoms with van der Waals surface area (Å²) < 4.78 is 19.2. The van der Waals surface area contributed by atoms with E-state index in [-0.39, 0.29) is 29.7 Å². The fraction of sp³-hybridized carbons (Fsp3) is 0.407. The van der Waals surface area contributed by atoms with Gasteiger partial charge in [-0.2, -0.15) is 0 Å². The zero-order chi connectivity index (χ0) is 21.5. The number of ether oxygens (including phenoxy) is 1. The zero-order valence-electron chi connectivity index (χ0n) is 17.8. The van der Waals surface area contributed by atoms with Gasteiger partial charge in [-0.15, -0.1) is 0 Å². The van der Waals surface area contributed by atoms with Crippen molar-refractivity contribution in [1.29, 1.82) is 0 Å². The molecule has 0 spiro atoms. The van der Waals surface area contributed by atoms with Crippen LogP contribution < -0.4 is 0 Å². The summed E-state index contributed by atoms with van der Waals surface area (Å²) in [6, 6.07) is 10.5. The maximum atomic E-state index is 13.5. The molecule has 6 atom stereocenters. The smallest absolute Gasteiger partial charge is 0.309 e. The van der Waals surface area contributed by atoms with E-state index in [0.29, 0.717) is 17.8 Å². The van der Waals surface area contributed by atoms with Crippen LogP contribution in [0.25, 0.3) is 17.2 Å². The molecule has 2 aromatic rings. The molecule has 0 bridgehead atoms. The third-order valence-electron chi connectivity index (χ3n) is 7.53.